The van der Waals surface area contributed by atoms with Crippen LogP contribution in [0.4, 0.5) is 0 Å². The van der Waals surface area contributed by atoms with Gasteiger partial charge in [0.25, 0.3) is 0 Å². The first-order chi connectivity index (χ1) is 23.8. The van der Waals surface area contributed by atoms with Gasteiger partial charge in [0.2, 0.25) is 0 Å². The van der Waals surface area contributed by atoms with E-state index in [1.807, 2.05) is 0 Å². The fraction of sp³-hybridized carbons (Fsp3) is 0.417. The quantitative estimate of drug-likeness (QED) is 0.180. The number of benzene rings is 4. The standard InChI is InChI=1S/2C18H25.C12H10Si.2ClH.Zr/c2*1-12-8-13-10-15(17(2,3)4)16(18(5,6)7)11-14(13)9-12;1-3-7-11(8-4-1)13-12-9-5-2-6-10-12;;;/h2*8-11H,1-7H3;1-10H;2*1H;/q;;;;;+2/p-2. The van der Waals surface area contributed by atoms with Crippen LogP contribution in [0.15, 0.2) is 96.1 Å². The van der Waals surface area contributed by atoms with Crippen molar-refractivity contribution in [3.63, 3.8) is 0 Å². The average Bonchev–Trinajstić information content (AvgIpc) is 3.54. The summed E-state index contributed by atoms with van der Waals surface area (Å²) >= 11 is -5.45. The molecule has 0 N–H and O–H groups in total. The van der Waals surface area contributed by atoms with E-state index in [1.54, 1.807) is 0 Å². The number of hydrogen-bond donors (Lipinski definition) is 0. The molecule has 2 atom stereocenters. The Morgan fingerprint density at radius 3 is 1.04 bits per heavy atom. The summed E-state index contributed by atoms with van der Waals surface area (Å²) in [7, 11) is 18.4. The van der Waals surface area contributed by atoms with Gasteiger partial charge in [0.05, 0.1) is 0 Å². The Bertz CT molecular complexity index is 2030. The molecule has 0 amide bonds. The van der Waals surface area contributed by atoms with E-state index in [1.165, 1.54) is 66.0 Å². The summed E-state index contributed by atoms with van der Waals surface area (Å²) in [4.78, 5) is 0. The van der Waals surface area contributed by atoms with E-state index >= 15 is 0 Å². The van der Waals surface area contributed by atoms with Gasteiger partial charge in [-0.25, -0.2) is 0 Å². The maximum absolute atomic E-state index is 9.22. The van der Waals surface area contributed by atoms with Crippen molar-refractivity contribution in [1.29, 1.82) is 0 Å². The number of halogens is 2. The normalized spacial score (nSPS) is 18.2. The molecule has 6 rings (SSSR count). The van der Waals surface area contributed by atoms with Gasteiger partial charge in [-0.05, 0) is 0 Å². The Kier molecular flexibility index (Phi) is 9.99. The minimum atomic E-state index is -5.45. The fourth-order valence-corrected chi connectivity index (χ4v) is 55.8. The van der Waals surface area contributed by atoms with Gasteiger partial charge in [-0.1, -0.05) is 0 Å². The van der Waals surface area contributed by atoms with Crippen LogP contribution >= 0.6 is 17.0 Å². The van der Waals surface area contributed by atoms with Crippen molar-refractivity contribution in [3.8, 4) is 0 Å². The average molecular weight is 827 g/mol. The molecule has 4 heteroatoms. The van der Waals surface area contributed by atoms with Gasteiger partial charge in [-0.2, -0.15) is 0 Å². The van der Waals surface area contributed by atoms with E-state index in [-0.39, 0.29) is 28.9 Å². The van der Waals surface area contributed by atoms with E-state index in [0.717, 1.165) is 0 Å². The van der Waals surface area contributed by atoms with Gasteiger partial charge >= 0.3 is 326 Å². The first kappa shape index (κ1) is 39.7. The van der Waals surface area contributed by atoms with Crippen LogP contribution in [0.25, 0.3) is 12.2 Å². The summed E-state index contributed by atoms with van der Waals surface area (Å²) in [6, 6.07) is 32.3. The summed E-state index contributed by atoms with van der Waals surface area (Å²) in [6.07, 6.45) is 4.88. The molecule has 0 aliphatic heterocycles. The Labute approximate surface area is 323 Å². The van der Waals surface area contributed by atoms with Crippen LogP contribution in [-0.4, -0.2) is 5.43 Å². The molecule has 4 aromatic rings. The molecule has 274 valence electrons. The van der Waals surface area contributed by atoms with Crippen LogP contribution in [0.5, 0.6) is 0 Å². The van der Waals surface area contributed by atoms with Gasteiger partial charge in [-0.15, -0.1) is 0 Å². The zero-order chi connectivity index (χ0) is 38.4. The summed E-state index contributed by atoms with van der Waals surface area (Å²) in [5, 5.41) is 2.61. The van der Waals surface area contributed by atoms with E-state index in [4.69, 9.17) is 0 Å². The molecule has 2 aliphatic rings. The van der Waals surface area contributed by atoms with Crippen molar-refractivity contribution >= 4 is 45.0 Å². The Hall–Kier alpha value is -1.96. The van der Waals surface area contributed by atoms with Gasteiger partial charge in [0.15, 0.2) is 0 Å². The third-order valence-electron chi connectivity index (χ3n) is 11.6. The maximum atomic E-state index is 9.22. The second kappa shape index (κ2) is 13.1. The van der Waals surface area contributed by atoms with Crippen LogP contribution in [0.2, 0.25) is 0 Å². The third kappa shape index (κ3) is 6.69. The molecule has 2 unspecified atom stereocenters. The molecule has 0 bridgehead atoms. The Morgan fingerprint density at radius 2 is 0.750 bits per heavy atom. The molecule has 4 aromatic carbocycles. The van der Waals surface area contributed by atoms with Gasteiger partial charge in [0.1, 0.15) is 0 Å². The van der Waals surface area contributed by atoms with E-state index in [2.05, 4.69) is 194 Å². The van der Waals surface area contributed by atoms with Crippen molar-refractivity contribution in [2.45, 2.75) is 126 Å². The molecule has 0 saturated heterocycles. The fourth-order valence-electron chi connectivity index (χ4n) is 9.43. The Morgan fingerprint density at radius 1 is 0.462 bits per heavy atom. The second-order valence-electron chi connectivity index (χ2n) is 20.0. The van der Waals surface area contributed by atoms with Gasteiger partial charge in [0, 0.05) is 0 Å². The Balaban J connectivity index is 1.85. The van der Waals surface area contributed by atoms with E-state index in [9.17, 15) is 17.0 Å². The summed E-state index contributed by atoms with van der Waals surface area (Å²) in [5.41, 5.74) is 11.6. The summed E-state index contributed by atoms with van der Waals surface area (Å²) < 4.78 is -0.104. The molecular formula is C48H60Cl2SiZr. The number of rotatable bonds is 4. The molecule has 0 heterocycles. The molecular weight excluding hydrogens is 767 g/mol. The third-order valence-corrected chi connectivity index (χ3v) is 50.0. The van der Waals surface area contributed by atoms with Crippen molar-refractivity contribution in [2.75, 3.05) is 0 Å². The van der Waals surface area contributed by atoms with E-state index in [0.29, 0.717) is 0 Å². The van der Waals surface area contributed by atoms with Crippen molar-refractivity contribution < 1.29 is 15.0 Å². The molecule has 0 radical (unpaired) electrons. The predicted molar refractivity (Wildman–Crippen MR) is 230 cm³/mol. The molecule has 0 saturated carbocycles. The summed E-state index contributed by atoms with van der Waals surface area (Å²) in [5.74, 6) is 0. The molecule has 0 fully saturated rings. The van der Waals surface area contributed by atoms with E-state index < -0.39 is 20.4 Å². The van der Waals surface area contributed by atoms with Crippen LogP contribution in [-0.2, 0) is 36.7 Å². The monoisotopic (exact) mass is 824 g/mol. The van der Waals surface area contributed by atoms with Crippen LogP contribution in [0.3, 0.4) is 0 Å². The van der Waals surface area contributed by atoms with Gasteiger partial charge < -0.3 is 0 Å². The topological polar surface area (TPSA) is 0 Å². The molecule has 0 aromatic heterocycles. The SMILES string of the molecule is CC1=Cc2cc(C(C)(C)C)c(C(C)(C)C)cc2[CH]1[Zr]([Cl])([Cl])([CH]1C(C)=Cc2cc(C(C)(C)C)c(C(C)(C)C)cc21)=[Si](c1ccccc1)c1ccccc1. The molecule has 0 spiro atoms. The van der Waals surface area contributed by atoms with Crippen molar-refractivity contribution in [1.82, 2.24) is 0 Å². The first-order valence-electron chi connectivity index (χ1n) is 19.1. The van der Waals surface area contributed by atoms with Gasteiger partial charge in [-0.3, -0.25) is 0 Å². The number of fused-ring (bicyclic) bond motifs is 2. The molecule has 2 aliphatic carbocycles. The van der Waals surface area contributed by atoms with Crippen molar-refractivity contribution in [3.05, 3.63) is 141 Å². The minimum absolute atomic E-state index is 0.00169. The number of allylic oxidation sites excluding steroid dienone is 2. The zero-order valence-corrected chi connectivity index (χ0v) is 39.1. The van der Waals surface area contributed by atoms with Crippen LogP contribution in [0.1, 0.15) is 149 Å². The molecule has 0 nitrogen and oxygen atoms in total. The van der Waals surface area contributed by atoms with Crippen LogP contribution in [0, 0.1) is 0 Å². The van der Waals surface area contributed by atoms with Crippen molar-refractivity contribution in [2.24, 2.45) is 0 Å². The summed E-state index contributed by atoms with van der Waals surface area (Å²) in [6.45, 7) is 32.8. The zero-order valence-electron chi connectivity index (χ0n) is 34.1. The number of hydrogen-bond acceptors (Lipinski definition) is 0. The predicted octanol–water partition coefficient (Wildman–Crippen LogP) is 13.3. The van der Waals surface area contributed by atoms with Crippen LogP contribution < -0.4 is 10.4 Å². The first-order valence-corrected chi connectivity index (χ1v) is 33.5. The molecule has 52 heavy (non-hydrogen) atoms. The second-order valence-corrected chi connectivity index (χ2v) is 55.0.